The van der Waals surface area contributed by atoms with Crippen molar-refractivity contribution in [3.63, 3.8) is 0 Å². The van der Waals surface area contributed by atoms with Gasteiger partial charge in [0.05, 0.1) is 5.39 Å². The summed E-state index contributed by atoms with van der Waals surface area (Å²) in [6.45, 7) is 1.98. The number of pyridine rings is 1. The third-order valence-corrected chi connectivity index (χ3v) is 6.37. The van der Waals surface area contributed by atoms with Crippen LogP contribution in [0.1, 0.15) is 12.8 Å². The normalized spacial score (nSPS) is 17.0. The molecule has 4 aromatic rings. The molecule has 0 amide bonds. The molecule has 0 aliphatic carbocycles. The second-order valence-corrected chi connectivity index (χ2v) is 8.30. The molecule has 0 radical (unpaired) electrons. The molecule has 3 aromatic heterocycles. The minimum atomic E-state index is 0.218. The van der Waals surface area contributed by atoms with Crippen LogP contribution in [0.5, 0.6) is 0 Å². The van der Waals surface area contributed by atoms with Gasteiger partial charge < -0.3 is 10.0 Å². The lowest BCUT2D eigenvalue weighted by molar-refractivity contribution is 0.208. The van der Waals surface area contributed by atoms with Crippen molar-refractivity contribution in [1.29, 1.82) is 0 Å². The molecule has 0 spiro atoms. The minimum absolute atomic E-state index is 0.218. The van der Waals surface area contributed by atoms with Gasteiger partial charge in [-0.25, -0.2) is 9.97 Å². The number of anilines is 1. The van der Waals surface area contributed by atoms with Gasteiger partial charge in [0.1, 0.15) is 10.6 Å². The quantitative estimate of drug-likeness (QED) is 0.539. The molecule has 0 bridgehead atoms. The van der Waals surface area contributed by atoms with Crippen LogP contribution in [-0.2, 0) is 0 Å². The number of hydrogen-bond acceptors (Lipinski definition) is 6. The smallest absolute Gasteiger partial charge is 0.164 e. The summed E-state index contributed by atoms with van der Waals surface area (Å²) in [4.78, 5) is 17.4. The molecule has 6 heteroatoms. The lowest BCUT2D eigenvalue weighted by Gasteiger charge is -2.33. The lowest BCUT2D eigenvalue weighted by atomic mass is 9.98. The molecule has 1 aliphatic rings. The molecule has 1 fully saturated rings. The maximum atomic E-state index is 9.73. The van der Waals surface area contributed by atoms with E-state index in [2.05, 4.69) is 39.5 Å². The zero-order chi connectivity index (χ0) is 19.6. The molecule has 0 saturated carbocycles. The van der Waals surface area contributed by atoms with Crippen LogP contribution in [0.4, 0.5) is 5.82 Å². The number of aromatic nitrogens is 3. The van der Waals surface area contributed by atoms with Gasteiger partial charge in [0.2, 0.25) is 0 Å². The van der Waals surface area contributed by atoms with Crippen LogP contribution in [0.25, 0.3) is 32.7 Å². The maximum Gasteiger partial charge on any atom is 0.164 e. The first-order valence-electron chi connectivity index (χ1n) is 9.94. The van der Waals surface area contributed by atoms with E-state index in [9.17, 15) is 5.11 Å². The fourth-order valence-electron chi connectivity index (χ4n) is 4.01. The van der Waals surface area contributed by atoms with Crippen LogP contribution in [0.2, 0.25) is 0 Å². The molecule has 4 heterocycles. The average molecular weight is 403 g/mol. The molecule has 146 valence electrons. The number of piperidine rings is 1. The van der Waals surface area contributed by atoms with E-state index >= 15 is 0 Å². The van der Waals surface area contributed by atoms with E-state index in [1.807, 2.05) is 24.4 Å². The number of nitrogens with zero attached hydrogens (tertiary/aromatic N) is 4. The average Bonchev–Trinajstić information content (AvgIpc) is 3.24. The number of thiophene rings is 1. The Balaban J connectivity index is 1.71. The highest BCUT2D eigenvalue weighted by atomic mass is 32.1. The standard InChI is InChI=1S/C23H22N4OS/c28-14-16-6-5-11-27(13-16)22-20-19(17-7-2-1-3-8-17)15-29-23(20)26-21(25-22)18-9-4-10-24-12-18/h1-4,7-10,12,15-16,28H,5-6,11,13-14H2. The largest absolute Gasteiger partial charge is 0.396 e. The Hall–Kier alpha value is -2.83. The Morgan fingerprint density at radius 3 is 2.72 bits per heavy atom. The van der Waals surface area contributed by atoms with Gasteiger partial charge in [-0.05, 0) is 36.5 Å². The maximum absolute atomic E-state index is 9.73. The summed E-state index contributed by atoms with van der Waals surface area (Å²) in [5.41, 5.74) is 3.26. The summed E-state index contributed by atoms with van der Waals surface area (Å²) in [5, 5.41) is 13.0. The summed E-state index contributed by atoms with van der Waals surface area (Å²) in [6.07, 6.45) is 5.69. The van der Waals surface area contributed by atoms with Crippen LogP contribution in [0.15, 0.2) is 60.2 Å². The van der Waals surface area contributed by atoms with Gasteiger partial charge in [0.25, 0.3) is 0 Å². The second kappa shape index (κ2) is 7.89. The fourth-order valence-corrected chi connectivity index (χ4v) is 4.95. The lowest BCUT2D eigenvalue weighted by Crippen LogP contribution is -2.37. The first-order valence-corrected chi connectivity index (χ1v) is 10.8. The molecule has 5 rings (SSSR count). The third kappa shape index (κ3) is 3.50. The molecule has 1 saturated heterocycles. The number of fused-ring (bicyclic) bond motifs is 1. The SMILES string of the molecule is OCC1CCCN(c2nc(-c3cccnc3)nc3scc(-c4ccccc4)c23)C1. The number of rotatable bonds is 4. The van der Waals surface area contributed by atoms with E-state index in [-0.39, 0.29) is 12.5 Å². The van der Waals surface area contributed by atoms with Crippen molar-refractivity contribution in [2.24, 2.45) is 5.92 Å². The van der Waals surface area contributed by atoms with Crippen LogP contribution < -0.4 is 4.90 Å². The summed E-state index contributed by atoms with van der Waals surface area (Å²) >= 11 is 1.65. The van der Waals surface area contributed by atoms with Crippen LogP contribution in [0, 0.1) is 5.92 Å². The van der Waals surface area contributed by atoms with E-state index in [0.29, 0.717) is 5.82 Å². The van der Waals surface area contributed by atoms with Crippen molar-refractivity contribution in [1.82, 2.24) is 15.0 Å². The highest BCUT2D eigenvalue weighted by Crippen LogP contribution is 2.40. The number of aliphatic hydroxyl groups is 1. The number of aliphatic hydroxyl groups excluding tert-OH is 1. The Kier molecular flexibility index (Phi) is 4.96. The monoisotopic (exact) mass is 402 g/mol. The van der Waals surface area contributed by atoms with Crippen molar-refractivity contribution in [3.8, 4) is 22.5 Å². The van der Waals surface area contributed by atoms with E-state index in [0.717, 1.165) is 47.5 Å². The molecule has 1 aliphatic heterocycles. The second-order valence-electron chi connectivity index (χ2n) is 7.44. The molecule has 1 unspecified atom stereocenters. The summed E-state index contributed by atoms with van der Waals surface area (Å²) in [7, 11) is 0. The van der Waals surface area contributed by atoms with E-state index in [1.165, 1.54) is 11.1 Å². The van der Waals surface area contributed by atoms with Gasteiger partial charge in [-0.2, -0.15) is 0 Å². The van der Waals surface area contributed by atoms with Crippen LogP contribution in [0.3, 0.4) is 0 Å². The number of benzene rings is 1. The van der Waals surface area contributed by atoms with E-state index in [1.54, 1.807) is 17.5 Å². The highest BCUT2D eigenvalue weighted by molar-refractivity contribution is 7.17. The zero-order valence-corrected chi connectivity index (χ0v) is 16.8. The Bertz CT molecular complexity index is 1110. The highest BCUT2D eigenvalue weighted by Gasteiger charge is 2.25. The van der Waals surface area contributed by atoms with Crippen molar-refractivity contribution in [3.05, 3.63) is 60.2 Å². The first kappa shape index (κ1) is 18.2. The summed E-state index contributed by atoms with van der Waals surface area (Å²) in [6, 6.07) is 14.3. The Morgan fingerprint density at radius 1 is 1.07 bits per heavy atom. The van der Waals surface area contributed by atoms with E-state index < -0.39 is 0 Å². The molecule has 1 aromatic carbocycles. The number of hydrogen-bond donors (Lipinski definition) is 1. The predicted octanol–water partition coefficient (Wildman–Crippen LogP) is 4.63. The van der Waals surface area contributed by atoms with Crippen molar-refractivity contribution in [2.75, 3.05) is 24.6 Å². The Labute approximate surface area is 173 Å². The molecule has 29 heavy (non-hydrogen) atoms. The minimum Gasteiger partial charge on any atom is -0.396 e. The predicted molar refractivity (Wildman–Crippen MR) is 118 cm³/mol. The molecule has 1 atom stereocenters. The van der Waals surface area contributed by atoms with Crippen molar-refractivity contribution < 1.29 is 5.11 Å². The summed E-state index contributed by atoms with van der Waals surface area (Å²) < 4.78 is 0. The van der Waals surface area contributed by atoms with E-state index in [4.69, 9.17) is 9.97 Å². The zero-order valence-electron chi connectivity index (χ0n) is 16.0. The van der Waals surface area contributed by atoms with Gasteiger partial charge in [-0.3, -0.25) is 4.98 Å². The van der Waals surface area contributed by atoms with Gasteiger partial charge in [0, 0.05) is 48.6 Å². The first-order chi connectivity index (χ1) is 14.3. The van der Waals surface area contributed by atoms with Gasteiger partial charge in [-0.15, -0.1) is 11.3 Å². The fraction of sp³-hybridized carbons (Fsp3) is 0.261. The van der Waals surface area contributed by atoms with Gasteiger partial charge >= 0.3 is 0 Å². The van der Waals surface area contributed by atoms with Crippen LogP contribution >= 0.6 is 11.3 Å². The molecular formula is C23H22N4OS. The Morgan fingerprint density at radius 2 is 1.93 bits per heavy atom. The molecular weight excluding hydrogens is 380 g/mol. The molecule has 1 N–H and O–H groups in total. The van der Waals surface area contributed by atoms with Gasteiger partial charge in [-0.1, -0.05) is 30.3 Å². The summed E-state index contributed by atoms with van der Waals surface area (Å²) in [5.74, 6) is 1.95. The topological polar surface area (TPSA) is 62.1 Å². The molecule has 5 nitrogen and oxygen atoms in total. The van der Waals surface area contributed by atoms with Gasteiger partial charge in [0.15, 0.2) is 5.82 Å². The van der Waals surface area contributed by atoms with Crippen molar-refractivity contribution in [2.45, 2.75) is 12.8 Å². The van der Waals surface area contributed by atoms with Crippen LogP contribution in [-0.4, -0.2) is 39.8 Å². The third-order valence-electron chi connectivity index (χ3n) is 5.50. The van der Waals surface area contributed by atoms with Crippen molar-refractivity contribution >= 4 is 27.4 Å².